The van der Waals surface area contributed by atoms with Gasteiger partial charge in [-0.15, -0.1) is 0 Å². The summed E-state index contributed by atoms with van der Waals surface area (Å²) in [5.74, 6) is 1.17. The van der Waals surface area contributed by atoms with Crippen molar-refractivity contribution >= 4 is 17.2 Å². The van der Waals surface area contributed by atoms with Gasteiger partial charge in [0.1, 0.15) is 5.69 Å². The van der Waals surface area contributed by atoms with Crippen molar-refractivity contribution in [2.24, 2.45) is 0 Å². The Labute approximate surface area is 91.6 Å². The van der Waals surface area contributed by atoms with Gasteiger partial charge in [-0.3, -0.25) is 4.58 Å². The van der Waals surface area contributed by atoms with E-state index in [1.807, 2.05) is 24.3 Å². The molecule has 1 rings (SSSR count). The van der Waals surface area contributed by atoms with E-state index in [0.717, 1.165) is 24.5 Å². The van der Waals surface area contributed by atoms with E-state index in [1.165, 1.54) is 5.84 Å². The molecule has 1 aromatic carbocycles. The summed E-state index contributed by atoms with van der Waals surface area (Å²) < 4.78 is 2.27. The highest BCUT2D eigenvalue weighted by Crippen LogP contribution is 2.10. The summed E-state index contributed by atoms with van der Waals surface area (Å²) in [6.45, 7) is 8.42. The number of nitrogens with one attached hydrogen (secondary N) is 1. The average molecular weight is 206 g/mol. The Morgan fingerprint density at radius 1 is 1.20 bits per heavy atom. The number of hydrogen-bond acceptors (Lipinski definition) is 1. The van der Waals surface area contributed by atoms with Gasteiger partial charge in [0.05, 0.1) is 13.1 Å². The van der Waals surface area contributed by atoms with Crippen molar-refractivity contribution in [1.29, 1.82) is 0 Å². The topological polar surface area (TPSA) is 41.1 Å². The minimum Gasteiger partial charge on any atom is -0.399 e. The molecule has 0 fully saturated rings. The molecule has 15 heavy (non-hydrogen) atoms. The highest BCUT2D eigenvalue weighted by Gasteiger charge is 2.05. The van der Waals surface area contributed by atoms with Crippen LogP contribution in [0.4, 0.5) is 11.4 Å². The van der Waals surface area contributed by atoms with Crippen LogP contribution in [0.15, 0.2) is 24.3 Å². The number of nitrogens with zero attached hydrogens (tertiary/aromatic N) is 1. The van der Waals surface area contributed by atoms with Crippen molar-refractivity contribution < 1.29 is 4.58 Å². The van der Waals surface area contributed by atoms with Crippen LogP contribution in [0.2, 0.25) is 0 Å². The fraction of sp³-hybridized carbons (Fsp3) is 0.417. The van der Waals surface area contributed by atoms with Crippen LogP contribution in [0.5, 0.6) is 0 Å². The van der Waals surface area contributed by atoms with Gasteiger partial charge >= 0.3 is 0 Å². The molecule has 0 heterocycles. The summed E-state index contributed by atoms with van der Waals surface area (Å²) in [7, 11) is 0. The van der Waals surface area contributed by atoms with E-state index >= 15 is 0 Å². The van der Waals surface area contributed by atoms with Gasteiger partial charge in [-0.1, -0.05) is 0 Å². The van der Waals surface area contributed by atoms with Crippen LogP contribution >= 0.6 is 0 Å². The number of nitrogen functional groups attached to an aromatic ring is 1. The van der Waals surface area contributed by atoms with Gasteiger partial charge in [0.2, 0.25) is 5.84 Å². The molecule has 0 aliphatic rings. The van der Waals surface area contributed by atoms with E-state index in [1.54, 1.807) is 0 Å². The highest BCUT2D eigenvalue weighted by molar-refractivity contribution is 5.89. The Kier molecular flexibility index (Phi) is 4.16. The molecule has 3 N–H and O–H groups in total. The van der Waals surface area contributed by atoms with Crippen LogP contribution in [0.1, 0.15) is 20.8 Å². The number of amidine groups is 1. The molecule has 3 nitrogen and oxygen atoms in total. The van der Waals surface area contributed by atoms with Crippen molar-refractivity contribution in [2.45, 2.75) is 20.8 Å². The summed E-state index contributed by atoms with van der Waals surface area (Å²) in [5, 5.41) is 3.36. The van der Waals surface area contributed by atoms with Crippen molar-refractivity contribution in [1.82, 2.24) is 0 Å². The largest absolute Gasteiger partial charge is 0.399 e. The summed E-state index contributed by atoms with van der Waals surface area (Å²) in [6.07, 6.45) is 0. The lowest BCUT2D eigenvalue weighted by Crippen LogP contribution is -2.24. The lowest BCUT2D eigenvalue weighted by molar-refractivity contribution is -0.521. The molecule has 0 saturated carbocycles. The first-order valence-corrected chi connectivity index (χ1v) is 5.38. The van der Waals surface area contributed by atoms with Crippen LogP contribution in [0.3, 0.4) is 0 Å². The zero-order valence-electron chi connectivity index (χ0n) is 9.75. The van der Waals surface area contributed by atoms with E-state index in [2.05, 4.69) is 30.7 Å². The quantitative estimate of drug-likeness (QED) is 0.344. The van der Waals surface area contributed by atoms with Crippen LogP contribution in [-0.2, 0) is 0 Å². The summed E-state index contributed by atoms with van der Waals surface area (Å²) in [6, 6.07) is 7.78. The molecule has 0 amide bonds. The molecule has 3 heteroatoms. The second kappa shape index (κ2) is 5.39. The first kappa shape index (κ1) is 11.6. The minimum absolute atomic E-state index is 0.793. The number of benzene rings is 1. The molecule has 0 aliphatic heterocycles. The van der Waals surface area contributed by atoms with E-state index in [4.69, 9.17) is 5.73 Å². The third kappa shape index (κ3) is 3.27. The molecule has 0 aromatic heterocycles. The van der Waals surface area contributed by atoms with E-state index < -0.39 is 0 Å². The summed E-state index contributed by atoms with van der Waals surface area (Å²) in [4.78, 5) is 0. The normalized spacial score (nSPS) is 9.80. The predicted molar refractivity (Wildman–Crippen MR) is 66.5 cm³/mol. The first-order valence-electron chi connectivity index (χ1n) is 5.38. The number of rotatable bonds is 3. The highest BCUT2D eigenvalue weighted by atomic mass is 15.1. The molecule has 0 unspecified atom stereocenters. The molecule has 0 aliphatic carbocycles. The molecule has 1 aromatic rings. The van der Waals surface area contributed by atoms with Crippen molar-refractivity contribution in [2.75, 3.05) is 24.1 Å². The number of hydrogen-bond donors (Lipinski definition) is 2. The van der Waals surface area contributed by atoms with E-state index in [9.17, 15) is 0 Å². The first-order chi connectivity index (χ1) is 7.17. The van der Waals surface area contributed by atoms with E-state index in [-0.39, 0.29) is 0 Å². The zero-order valence-corrected chi connectivity index (χ0v) is 9.75. The Hall–Kier alpha value is -1.51. The second-order valence-electron chi connectivity index (χ2n) is 3.50. The van der Waals surface area contributed by atoms with Gasteiger partial charge < -0.3 is 5.73 Å². The van der Waals surface area contributed by atoms with Crippen LogP contribution in [0, 0.1) is 0 Å². The maximum Gasteiger partial charge on any atom is 0.246 e. The Morgan fingerprint density at radius 3 is 2.20 bits per heavy atom. The third-order valence-corrected chi connectivity index (χ3v) is 2.47. The fourth-order valence-electron chi connectivity index (χ4n) is 1.55. The maximum atomic E-state index is 5.62. The lowest BCUT2D eigenvalue weighted by atomic mass is 10.3. The van der Waals surface area contributed by atoms with E-state index in [0.29, 0.717) is 0 Å². The smallest absolute Gasteiger partial charge is 0.246 e. The van der Waals surface area contributed by atoms with Crippen molar-refractivity contribution in [3.63, 3.8) is 0 Å². The SMILES string of the molecule is CC[N+](CC)=C(C)Nc1ccc(N)cc1. The van der Waals surface area contributed by atoms with Crippen molar-refractivity contribution in [3.8, 4) is 0 Å². The Balaban J connectivity index is 2.77. The molecular weight excluding hydrogens is 186 g/mol. The van der Waals surface area contributed by atoms with Gasteiger partial charge in [0, 0.05) is 12.6 Å². The Morgan fingerprint density at radius 2 is 1.73 bits per heavy atom. The van der Waals surface area contributed by atoms with Crippen LogP contribution < -0.4 is 11.1 Å². The minimum atomic E-state index is 0.793. The number of nitrogens with two attached hydrogens (primary N) is 1. The van der Waals surface area contributed by atoms with Gasteiger partial charge in [-0.2, -0.15) is 0 Å². The molecule has 0 atom stereocenters. The van der Waals surface area contributed by atoms with Gasteiger partial charge in [-0.05, 0) is 38.1 Å². The molecule has 0 radical (unpaired) electrons. The fourth-order valence-corrected chi connectivity index (χ4v) is 1.55. The summed E-state index contributed by atoms with van der Waals surface area (Å²) in [5.41, 5.74) is 7.49. The molecule has 82 valence electrons. The van der Waals surface area contributed by atoms with Crippen LogP contribution in [0.25, 0.3) is 0 Å². The second-order valence-corrected chi connectivity index (χ2v) is 3.50. The van der Waals surface area contributed by atoms with Crippen LogP contribution in [-0.4, -0.2) is 23.5 Å². The van der Waals surface area contributed by atoms with Crippen molar-refractivity contribution in [3.05, 3.63) is 24.3 Å². The molecule has 0 spiro atoms. The molecular formula is C12H20N3+. The van der Waals surface area contributed by atoms with Gasteiger partial charge in [-0.25, -0.2) is 5.32 Å². The van der Waals surface area contributed by atoms with Gasteiger partial charge in [0.25, 0.3) is 0 Å². The Bertz CT molecular complexity index is 332. The lowest BCUT2D eigenvalue weighted by Gasteiger charge is -2.06. The van der Waals surface area contributed by atoms with Gasteiger partial charge in [0.15, 0.2) is 0 Å². The zero-order chi connectivity index (χ0) is 11.3. The molecule has 0 bridgehead atoms. The average Bonchev–Trinajstić information content (AvgIpc) is 2.23. The monoisotopic (exact) mass is 206 g/mol. The molecule has 0 saturated heterocycles. The standard InChI is InChI=1S/C12H19N3/c1-4-15(5-2)10(3)14-12-8-6-11(13)7-9-12/h6-9H,4-5,13H2,1-3H3/p+1. The number of anilines is 2. The third-order valence-electron chi connectivity index (χ3n) is 2.47. The summed E-state index contributed by atoms with van der Waals surface area (Å²) >= 11 is 0. The maximum absolute atomic E-state index is 5.62. The predicted octanol–water partition coefficient (Wildman–Crippen LogP) is 2.15.